The first-order valence-electron chi connectivity index (χ1n) is 2.32. The average Bonchev–Trinajstić information content (AvgIpc) is 1.65. The quantitative estimate of drug-likeness (QED) is 0.488. The van der Waals surface area contributed by atoms with Crippen LogP contribution in [0.15, 0.2) is 12.2 Å². The fourth-order valence-electron chi connectivity index (χ4n) is 0.502. The average molecular weight is 132 g/mol. The van der Waals surface area contributed by atoms with Crippen LogP contribution in [0.2, 0.25) is 0 Å². The number of hydrogen-bond donors (Lipinski definition) is 2. The van der Waals surface area contributed by atoms with Crippen molar-refractivity contribution in [2.24, 2.45) is 0 Å². The molecule has 1 heterocycles. The summed E-state index contributed by atoms with van der Waals surface area (Å²) < 4.78 is 17.7. The maximum atomic E-state index is 8.85. The standard InChI is InChI=1S/C5H8O2S/c6-8(7)4-2-1-3-5-8/h1-2,4-7H,3H2. The fourth-order valence-corrected chi connectivity index (χ4v) is 1.35. The van der Waals surface area contributed by atoms with Crippen LogP contribution in [0.4, 0.5) is 0 Å². The molecule has 0 saturated carbocycles. The smallest absolute Gasteiger partial charge is 0.00393 e. The molecule has 0 aromatic heterocycles. The zero-order valence-electron chi connectivity index (χ0n) is 4.32. The molecule has 0 aliphatic carbocycles. The van der Waals surface area contributed by atoms with E-state index in [1.54, 1.807) is 6.08 Å². The van der Waals surface area contributed by atoms with Crippen molar-refractivity contribution in [3.63, 3.8) is 0 Å². The third kappa shape index (κ3) is 1.36. The second-order valence-corrected chi connectivity index (χ2v) is 3.49. The highest BCUT2D eigenvalue weighted by atomic mass is 32.2. The summed E-state index contributed by atoms with van der Waals surface area (Å²) in [7, 11) is -2.42. The molecule has 0 aromatic carbocycles. The van der Waals surface area contributed by atoms with Crippen LogP contribution in [-0.2, 0) is 0 Å². The van der Waals surface area contributed by atoms with Crippen LogP contribution in [-0.4, -0.2) is 19.8 Å². The highest BCUT2D eigenvalue weighted by molar-refractivity contribution is 8.20. The van der Waals surface area contributed by atoms with Crippen molar-refractivity contribution in [1.29, 1.82) is 0 Å². The van der Waals surface area contributed by atoms with Gasteiger partial charge in [-0.1, -0.05) is 12.2 Å². The van der Waals surface area contributed by atoms with Crippen LogP contribution in [0.1, 0.15) is 6.42 Å². The van der Waals surface area contributed by atoms with E-state index in [0.717, 1.165) is 0 Å². The highest BCUT2D eigenvalue weighted by Crippen LogP contribution is 2.12. The van der Waals surface area contributed by atoms with E-state index in [2.05, 4.69) is 0 Å². The fraction of sp³-hybridized carbons (Fsp3) is 0.200. The summed E-state index contributed by atoms with van der Waals surface area (Å²) in [5.74, 6) is 0. The van der Waals surface area contributed by atoms with E-state index >= 15 is 0 Å². The molecule has 0 amide bonds. The van der Waals surface area contributed by atoms with Gasteiger partial charge in [0, 0.05) is 15.1 Å². The lowest BCUT2D eigenvalue weighted by molar-refractivity contribution is 0.531. The maximum Gasteiger partial charge on any atom is 0.00393 e. The van der Waals surface area contributed by atoms with Crippen molar-refractivity contribution in [3.05, 3.63) is 12.2 Å². The van der Waals surface area contributed by atoms with Gasteiger partial charge in [0.05, 0.1) is 0 Å². The topological polar surface area (TPSA) is 40.5 Å². The maximum absolute atomic E-state index is 8.85. The van der Waals surface area contributed by atoms with Crippen LogP contribution in [0.25, 0.3) is 0 Å². The van der Waals surface area contributed by atoms with E-state index in [4.69, 9.17) is 9.11 Å². The summed E-state index contributed by atoms with van der Waals surface area (Å²) in [4.78, 5) is 0. The first-order chi connectivity index (χ1) is 3.71. The van der Waals surface area contributed by atoms with Gasteiger partial charge < -0.3 is 9.11 Å². The van der Waals surface area contributed by atoms with E-state index < -0.39 is 9.77 Å². The highest BCUT2D eigenvalue weighted by Gasteiger charge is 1.89. The summed E-state index contributed by atoms with van der Waals surface area (Å²) in [6.07, 6.45) is 4.21. The minimum absolute atomic E-state index is 0.666. The van der Waals surface area contributed by atoms with E-state index in [-0.39, 0.29) is 0 Å². The predicted molar refractivity (Wildman–Crippen MR) is 38.7 cm³/mol. The predicted octanol–water partition coefficient (Wildman–Crippen LogP) is 1.30. The molecule has 0 radical (unpaired) electrons. The molecule has 0 atom stereocenters. The monoisotopic (exact) mass is 132 g/mol. The first-order valence-corrected chi connectivity index (χ1v) is 3.99. The van der Waals surface area contributed by atoms with Gasteiger partial charge in [-0.2, -0.15) is 0 Å². The first kappa shape index (κ1) is 5.88. The molecular formula is C5H8O2S. The SMILES string of the molecule is OS1(O)=CC=CCC=1. The molecule has 0 spiro atoms. The lowest BCUT2D eigenvalue weighted by Gasteiger charge is -2.01. The third-order valence-corrected chi connectivity index (χ3v) is 2.13. The Bertz CT molecular complexity index is 211. The normalized spacial score (nSPS) is 23.8. The lowest BCUT2D eigenvalue weighted by Crippen LogP contribution is -1.86. The van der Waals surface area contributed by atoms with Crippen LogP contribution < -0.4 is 0 Å². The Labute approximate surface area is 49.0 Å². The van der Waals surface area contributed by atoms with Crippen molar-refractivity contribution in [1.82, 2.24) is 0 Å². The van der Waals surface area contributed by atoms with Gasteiger partial charge in [-0.25, -0.2) is 0 Å². The second-order valence-electron chi connectivity index (χ2n) is 1.61. The zero-order chi connectivity index (χ0) is 6.04. The van der Waals surface area contributed by atoms with Gasteiger partial charge in [-0.15, -0.1) is 0 Å². The Kier molecular flexibility index (Phi) is 1.42. The summed E-state index contributed by atoms with van der Waals surface area (Å²) in [6, 6.07) is 0. The van der Waals surface area contributed by atoms with E-state index in [0.29, 0.717) is 6.42 Å². The van der Waals surface area contributed by atoms with Crippen molar-refractivity contribution in [3.8, 4) is 0 Å². The minimum Gasteiger partial charge on any atom is -0.322 e. The Morgan fingerprint density at radius 1 is 1.38 bits per heavy atom. The molecule has 0 bridgehead atoms. The molecule has 0 saturated heterocycles. The molecule has 2 N–H and O–H groups in total. The van der Waals surface area contributed by atoms with Crippen LogP contribution in [0.3, 0.4) is 0 Å². The van der Waals surface area contributed by atoms with Gasteiger partial charge in [0.25, 0.3) is 0 Å². The molecule has 1 rings (SSSR count). The Balaban J connectivity index is 3.10. The second kappa shape index (κ2) is 1.93. The summed E-state index contributed by atoms with van der Waals surface area (Å²) >= 11 is 0. The molecule has 2 nitrogen and oxygen atoms in total. The van der Waals surface area contributed by atoms with Gasteiger partial charge in [-0.05, 0) is 11.8 Å². The number of rotatable bonds is 0. The van der Waals surface area contributed by atoms with E-state index in [1.165, 1.54) is 10.7 Å². The van der Waals surface area contributed by atoms with E-state index in [9.17, 15) is 0 Å². The largest absolute Gasteiger partial charge is 0.322 e. The van der Waals surface area contributed by atoms with Crippen molar-refractivity contribution in [2.75, 3.05) is 0 Å². The van der Waals surface area contributed by atoms with Crippen molar-refractivity contribution in [2.45, 2.75) is 6.42 Å². The van der Waals surface area contributed by atoms with Gasteiger partial charge >= 0.3 is 0 Å². The molecule has 1 aliphatic rings. The lowest BCUT2D eigenvalue weighted by atomic mass is 10.4. The molecule has 3 heteroatoms. The molecule has 46 valence electrons. The minimum atomic E-state index is -2.42. The van der Waals surface area contributed by atoms with Crippen LogP contribution >= 0.6 is 9.77 Å². The Morgan fingerprint density at radius 3 is 2.38 bits per heavy atom. The van der Waals surface area contributed by atoms with Crippen LogP contribution in [0, 0.1) is 0 Å². The van der Waals surface area contributed by atoms with Gasteiger partial charge in [0.1, 0.15) is 0 Å². The molecular weight excluding hydrogens is 124 g/mol. The summed E-state index contributed by atoms with van der Waals surface area (Å²) in [5.41, 5.74) is 0. The molecule has 8 heavy (non-hydrogen) atoms. The summed E-state index contributed by atoms with van der Waals surface area (Å²) in [5, 5.41) is 2.92. The van der Waals surface area contributed by atoms with Gasteiger partial charge in [0.2, 0.25) is 0 Å². The zero-order valence-corrected chi connectivity index (χ0v) is 5.14. The molecule has 0 unspecified atom stereocenters. The summed E-state index contributed by atoms with van der Waals surface area (Å²) in [6.45, 7) is 0. The number of allylic oxidation sites excluding steroid dienone is 2. The van der Waals surface area contributed by atoms with Gasteiger partial charge in [-0.3, -0.25) is 0 Å². The molecule has 0 aromatic rings. The third-order valence-electron chi connectivity index (χ3n) is 0.893. The Hall–Kier alpha value is -0.250. The molecule has 0 fully saturated rings. The van der Waals surface area contributed by atoms with E-state index in [1.807, 2.05) is 6.08 Å². The molecule has 1 aliphatic heterocycles. The van der Waals surface area contributed by atoms with Gasteiger partial charge in [0.15, 0.2) is 0 Å². The Morgan fingerprint density at radius 2 is 2.12 bits per heavy atom. The number of hydrogen-bond acceptors (Lipinski definition) is 2. The van der Waals surface area contributed by atoms with Crippen molar-refractivity contribution >= 4 is 20.5 Å². The van der Waals surface area contributed by atoms with Crippen molar-refractivity contribution < 1.29 is 9.11 Å². The van der Waals surface area contributed by atoms with Crippen LogP contribution in [0.5, 0.6) is 0 Å².